The van der Waals surface area contributed by atoms with E-state index in [1.807, 2.05) is 6.20 Å². The number of hydrogen-bond donors (Lipinski definition) is 2. The van der Waals surface area contributed by atoms with Gasteiger partial charge in [-0.1, -0.05) is 12.5 Å². The molecule has 6 heteroatoms. The van der Waals surface area contributed by atoms with Crippen LogP contribution in [0.3, 0.4) is 0 Å². The molecule has 28 heavy (non-hydrogen) atoms. The van der Waals surface area contributed by atoms with Crippen molar-refractivity contribution < 1.29 is 4.79 Å². The highest BCUT2D eigenvalue weighted by molar-refractivity contribution is 5.73. The Hall–Kier alpha value is -1.82. The van der Waals surface area contributed by atoms with Crippen molar-refractivity contribution in [2.75, 3.05) is 37.6 Å². The molecule has 3 rings (SSSR count). The summed E-state index contributed by atoms with van der Waals surface area (Å²) in [6.07, 6.45) is 11.9. The summed E-state index contributed by atoms with van der Waals surface area (Å²) in [4.78, 5) is 21.5. The third-order valence-electron chi connectivity index (χ3n) is 6.04. The zero-order valence-corrected chi connectivity index (χ0v) is 17.5. The lowest BCUT2D eigenvalue weighted by atomic mass is 10.0. The summed E-state index contributed by atoms with van der Waals surface area (Å²) < 4.78 is 0. The molecule has 0 aliphatic carbocycles. The van der Waals surface area contributed by atoms with E-state index in [9.17, 15) is 4.79 Å². The van der Waals surface area contributed by atoms with Gasteiger partial charge in [-0.3, -0.25) is 0 Å². The molecule has 2 saturated heterocycles. The molecule has 2 N–H and O–H groups in total. The van der Waals surface area contributed by atoms with Gasteiger partial charge in [-0.2, -0.15) is 0 Å². The van der Waals surface area contributed by atoms with E-state index in [4.69, 9.17) is 0 Å². The lowest BCUT2D eigenvalue weighted by molar-refractivity contribution is 0.158. The average Bonchev–Trinajstić information content (AvgIpc) is 2.74. The van der Waals surface area contributed by atoms with E-state index in [1.165, 1.54) is 45.1 Å². The highest BCUT2D eigenvalue weighted by atomic mass is 16.2. The number of carbonyl (C=O) groups is 1. The number of carbonyl (C=O) groups excluding carboxylic acids is 1. The molecule has 1 atom stereocenters. The van der Waals surface area contributed by atoms with Gasteiger partial charge in [-0.25, -0.2) is 9.78 Å². The average molecular weight is 388 g/mol. The van der Waals surface area contributed by atoms with Crippen molar-refractivity contribution in [1.82, 2.24) is 20.5 Å². The molecule has 2 aliphatic heterocycles. The first kappa shape index (κ1) is 20.9. The monoisotopic (exact) mass is 387 g/mol. The van der Waals surface area contributed by atoms with Crippen LogP contribution in [0.1, 0.15) is 63.9 Å². The van der Waals surface area contributed by atoms with E-state index in [0.29, 0.717) is 6.54 Å². The Balaban J connectivity index is 1.27. The molecule has 2 fully saturated rings. The fourth-order valence-electron chi connectivity index (χ4n) is 4.21. The number of hydrogen-bond acceptors (Lipinski definition) is 4. The molecule has 6 nitrogen and oxygen atoms in total. The van der Waals surface area contributed by atoms with Crippen LogP contribution in [-0.4, -0.2) is 54.7 Å². The third-order valence-corrected chi connectivity index (χ3v) is 6.04. The van der Waals surface area contributed by atoms with Crippen LogP contribution in [0.4, 0.5) is 10.6 Å². The maximum absolute atomic E-state index is 12.0. The molecule has 2 aliphatic rings. The first-order chi connectivity index (χ1) is 13.7. The van der Waals surface area contributed by atoms with Gasteiger partial charge in [0.25, 0.3) is 0 Å². The smallest absolute Gasteiger partial charge is 0.315 e. The van der Waals surface area contributed by atoms with Crippen molar-refractivity contribution in [3.63, 3.8) is 0 Å². The van der Waals surface area contributed by atoms with Gasteiger partial charge >= 0.3 is 6.03 Å². The van der Waals surface area contributed by atoms with Crippen molar-refractivity contribution in [3.05, 3.63) is 23.9 Å². The van der Waals surface area contributed by atoms with Crippen LogP contribution in [0.2, 0.25) is 0 Å². The predicted molar refractivity (Wildman–Crippen MR) is 115 cm³/mol. The van der Waals surface area contributed by atoms with E-state index in [0.717, 1.165) is 56.4 Å². The molecule has 1 aromatic heterocycles. The van der Waals surface area contributed by atoms with Crippen molar-refractivity contribution in [2.24, 2.45) is 0 Å². The maximum Gasteiger partial charge on any atom is 0.315 e. The van der Waals surface area contributed by atoms with Crippen LogP contribution in [0.15, 0.2) is 18.3 Å². The Kier molecular flexibility index (Phi) is 8.40. The van der Waals surface area contributed by atoms with Gasteiger partial charge < -0.3 is 20.4 Å². The molecule has 0 saturated carbocycles. The number of aromatic nitrogens is 1. The number of pyridine rings is 1. The first-order valence-corrected chi connectivity index (χ1v) is 11.2. The minimum atomic E-state index is -0.0913. The Morgan fingerprint density at radius 1 is 1.07 bits per heavy atom. The number of piperidine rings is 2. The van der Waals surface area contributed by atoms with Crippen molar-refractivity contribution >= 4 is 11.8 Å². The van der Waals surface area contributed by atoms with Crippen LogP contribution in [0, 0.1) is 0 Å². The van der Waals surface area contributed by atoms with Gasteiger partial charge in [0.1, 0.15) is 5.82 Å². The summed E-state index contributed by atoms with van der Waals surface area (Å²) in [5.74, 6) is 1.05. The number of nitrogens with zero attached hydrogens (tertiary/aromatic N) is 3. The first-order valence-electron chi connectivity index (χ1n) is 11.2. The number of amides is 2. The Morgan fingerprint density at radius 3 is 2.64 bits per heavy atom. The highest BCUT2D eigenvalue weighted by Crippen LogP contribution is 2.18. The Bertz CT molecular complexity index is 585. The molecule has 1 unspecified atom stereocenters. The van der Waals surface area contributed by atoms with Gasteiger partial charge in [0.15, 0.2) is 0 Å². The number of urea groups is 1. The third kappa shape index (κ3) is 6.66. The summed E-state index contributed by atoms with van der Waals surface area (Å²) in [6, 6.07) is 4.77. The summed E-state index contributed by atoms with van der Waals surface area (Å²) in [6.45, 7) is 8.18. The fraction of sp³-hybridized carbons (Fsp3) is 0.727. The van der Waals surface area contributed by atoms with Crippen molar-refractivity contribution in [1.29, 1.82) is 0 Å². The van der Waals surface area contributed by atoms with Crippen LogP contribution >= 0.6 is 0 Å². The maximum atomic E-state index is 12.0. The van der Waals surface area contributed by atoms with E-state index < -0.39 is 0 Å². The summed E-state index contributed by atoms with van der Waals surface area (Å²) in [5, 5.41) is 5.90. The molecule has 0 spiro atoms. The Labute approximate surface area is 170 Å². The van der Waals surface area contributed by atoms with Gasteiger partial charge in [0.2, 0.25) is 0 Å². The normalized spacial score (nSPS) is 20.8. The van der Waals surface area contributed by atoms with Crippen molar-refractivity contribution in [2.45, 2.75) is 70.9 Å². The molecular weight excluding hydrogens is 350 g/mol. The van der Waals surface area contributed by atoms with Gasteiger partial charge in [0.05, 0.1) is 0 Å². The van der Waals surface area contributed by atoms with Crippen LogP contribution < -0.4 is 15.5 Å². The standard InChI is InChI=1S/C22H37N5O/c1-19-9-3-7-13-26(19)14-8-4-12-23-22(28)25-18-20-10-11-21(24-17-20)27-15-5-2-6-16-27/h10-11,17,19H,2-9,12-16,18H2,1H3,(H2,23,25,28). The minimum absolute atomic E-state index is 0.0913. The second-order valence-corrected chi connectivity index (χ2v) is 8.27. The minimum Gasteiger partial charge on any atom is -0.357 e. The van der Waals surface area contributed by atoms with E-state index >= 15 is 0 Å². The number of unbranched alkanes of at least 4 members (excludes halogenated alkanes) is 1. The summed E-state index contributed by atoms with van der Waals surface area (Å²) >= 11 is 0. The molecule has 1 aromatic rings. The number of likely N-dealkylation sites (tertiary alicyclic amines) is 1. The summed E-state index contributed by atoms with van der Waals surface area (Å²) in [5.41, 5.74) is 1.04. The number of anilines is 1. The second-order valence-electron chi connectivity index (χ2n) is 8.27. The zero-order chi connectivity index (χ0) is 19.6. The fourth-order valence-corrected chi connectivity index (χ4v) is 4.21. The summed E-state index contributed by atoms with van der Waals surface area (Å²) in [7, 11) is 0. The lowest BCUT2D eigenvalue weighted by Crippen LogP contribution is -2.38. The van der Waals surface area contributed by atoms with Crippen molar-refractivity contribution in [3.8, 4) is 0 Å². The lowest BCUT2D eigenvalue weighted by Gasteiger charge is -2.33. The molecular formula is C22H37N5O. The second kappa shape index (κ2) is 11.2. The highest BCUT2D eigenvalue weighted by Gasteiger charge is 2.17. The SMILES string of the molecule is CC1CCCCN1CCCCNC(=O)NCc1ccc(N2CCCCC2)nc1. The van der Waals surface area contributed by atoms with Gasteiger partial charge in [-0.15, -0.1) is 0 Å². The van der Waals surface area contributed by atoms with Crippen LogP contribution in [-0.2, 0) is 6.54 Å². The number of rotatable bonds is 8. The molecule has 0 aromatic carbocycles. The van der Waals surface area contributed by atoms with Gasteiger partial charge in [-0.05, 0) is 76.6 Å². The van der Waals surface area contributed by atoms with Crippen LogP contribution in [0.5, 0.6) is 0 Å². The van der Waals surface area contributed by atoms with Crippen LogP contribution in [0.25, 0.3) is 0 Å². The quantitative estimate of drug-likeness (QED) is 0.670. The molecule has 0 bridgehead atoms. The van der Waals surface area contributed by atoms with E-state index in [-0.39, 0.29) is 6.03 Å². The van der Waals surface area contributed by atoms with Gasteiger partial charge in [0, 0.05) is 38.4 Å². The van der Waals surface area contributed by atoms with E-state index in [2.05, 4.69) is 44.5 Å². The molecule has 2 amide bonds. The molecule has 0 radical (unpaired) electrons. The zero-order valence-electron chi connectivity index (χ0n) is 17.5. The topological polar surface area (TPSA) is 60.5 Å². The number of nitrogens with one attached hydrogen (secondary N) is 2. The Morgan fingerprint density at radius 2 is 1.89 bits per heavy atom. The predicted octanol–water partition coefficient (Wildman–Crippen LogP) is 3.53. The van der Waals surface area contributed by atoms with E-state index in [1.54, 1.807) is 0 Å². The molecule has 3 heterocycles. The molecule has 156 valence electrons. The largest absolute Gasteiger partial charge is 0.357 e.